The Hall–Kier alpha value is -3.62. The molecule has 0 spiro atoms. The van der Waals surface area contributed by atoms with Crippen molar-refractivity contribution in [1.29, 1.82) is 0 Å². The first-order valence-corrected chi connectivity index (χ1v) is 10.8. The lowest BCUT2D eigenvalue weighted by Crippen LogP contribution is -2.25. The van der Waals surface area contributed by atoms with Crippen molar-refractivity contribution in [2.75, 3.05) is 31.4 Å². The molecule has 1 atom stereocenters. The molecule has 8 heteroatoms. The molecule has 3 N–H and O–H groups in total. The molecule has 164 valence electrons. The Balaban J connectivity index is 1.89. The minimum Gasteiger partial charge on any atom is -0.378 e. The van der Waals surface area contributed by atoms with E-state index in [1.807, 2.05) is 73.6 Å². The van der Waals surface area contributed by atoms with Gasteiger partial charge in [0.25, 0.3) is 11.5 Å². The van der Waals surface area contributed by atoms with E-state index in [1.54, 1.807) is 17.7 Å². The number of anilines is 3. The van der Waals surface area contributed by atoms with Crippen LogP contribution in [-0.4, -0.2) is 31.7 Å². The van der Waals surface area contributed by atoms with Gasteiger partial charge in [-0.2, -0.15) is 0 Å². The Labute approximate surface area is 189 Å². The van der Waals surface area contributed by atoms with Crippen molar-refractivity contribution in [3.05, 3.63) is 87.5 Å². The molecule has 32 heavy (non-hydrogen) atoms. The van der Waals surface area contributed by atoms with Crippen LogP contribution in [0.25, 0.3) is 10.2 Å². The Morgan fingerprint density at radius 1 is 1.06 bits per heavy atom. The summed E-state index contributed by atoms with van der Waals surface area (Å²) in [7, 11) is 5.49. The number of amides is 1. The first-order chi connectivity index (χ1) is 15.4. The molecular formula is C24H24N4O3S. The molecule has 0 aliphatic carbocycles. The number of aromatic nitrogens is 1. The van der Waals surface area contributed by atoms with E-state index in [1.165, 1.54) is 17.4 Å². The van der Waals surface area contributed by atoms with E-state index < -0.39 is 12.1 Å². The Morgan fingerprint density at radius 3 is 2.34 bits per heavy atom. The molecule has 0 aliphatic heterocycles. The van der Waals surface area contributed by atoms with Gasteiger partial charge in [-0.25, -0.2) is 0 Å². The predicted molar refractivity (Wildman–Crippen MR) is 130 cm³/mol. The van der Waals surface area contributed by atoms with E-state index in [0.29, 0.717) is 15.4 Å². The highest BCUT2D eigenvalue weighted by atomic mass is 32.1. The number of hydrogen-bond donors (Lipinski definition) is 2. The number of pyridine rings is 1. The summed E-state index contributed by atoms with van der Waals surface area (Å²) in [5.74, 6) is -0.562. The third-order valence-electron chi connectivity index (χ3n) is 5.19. The zero-order chi connectivity index (χ0) is 22.8. The average Bonchev–Trinajstić information content (AvgIpc) is 3.15. The van der Waals surface area contributed by atoms with Gasteiger partial charge in [0.15, 0.2) is 6.23 Å². The van der Waals surface area contributed by atoms with Gasteiger partial charge >= 0.3 is 0 Å². The fourth-order valence-corrected chi connectivity index (χ4v) is 4.73. The van der Waals surface area contributed by atoms with Gasteiger partial charge in [0, 0.05) is 49.6 Å². The summed E-state index contributed by atoms with van der Waals surface area (Å²) in [6.45, 7) is 0. The van der Waals surface area contributed by atoms with Crippen LogP contribution in [0.15, 0.2) is 71.5 Å². The Morgan fingerprint density at radius 2 is 1.75 bits per heavy atom. The normalized spacial score (nSPS) is 12.0. The highest BCUT2D eigenvalue weighted by Gasteiger charge is 2.23. The highest BCUT2D eigenvalue weighted by molar-refractivity contribution is 7.21. The molecule has 0 aliphatic rings. The third-order valence-corrected chi connectivity index (χ3v) is 6.41. The molecule has 4 aromatic rings. The summed E-state index contributed by atoms with van der Waals surface area (Å²) >= 11 is 1.18. The smallest absolute Gasteiger partial charge is 0.261 e. The fourth-order valence-electron chi connectivity index (χ4n) is 3.61. The first-order valence-electron chi connectivity index (χ1n) is 10.0. The summed E-state index contributed by atoms with van der Waals surface area (Å²) in [5, 5.41) is 4.01. The van der Waals surface area contributed by atoms with Crippen LogP contribution in [0.1, 0.15) is 21.5 Å². The monoisotopic (exact) mass is 448 g/mol. The Bertz CT molecular complexity index is 1310. The van der Waals surface area contributed by atoms with Crippen molar-refractivity contribution in [1.82, 2.24) is 4.57 Å². The molecule has 1 unspecified atom stereocenters. The van der Waals surface area contributed by atoms with Gasteiger partial charge in [-0.05, 0) is 30.3 Å². The summed E-state index contributed by atoms with van der Waals surface area (Å²) in [4.78, 5) is 28.2. The number of primary amides is 1. The quantitative estimate of drug-likeness (QED) is 0.443. The molecule has 1 amide bonds. The van der Waals surface area contributed by atoms with E-state index in [4.69, 9.17) is 10.5 Å². The number of ether oxygens (including phenoxy) is 1. The lowest BCUT2D eigenvalue weighted by atomic mass is 10.1. The minimum atomic E-state index is -0.661. The van der Waals surface area contributed by atoms with E-state index >= 15 is 0 Å². The molecule has 0 saturated carbocycles. The second-order valence-electron chi connectivity index (χ2n) is 7.50. The van der Waals surface area contributed by atoms with Crippen molar-refractivity contribution in [3.63, 3.8) is 0 Å². The number of carbonyl (C=O) groups is 1. The minimum absolute atomic E-state index is 0.232. The van der Waals surface area contributed by atoms with Crippen LogP contribution in [0.2, 0.25) is 0 Å². The molecule has 0 radical (unpaired) electrons. The second-order valence-corrected chi connectivity index (χ2v) is 8.49. The highest BCUT2D eigenvalue weighted by Crippen LogP contribution is 2.38. The Kier molecular flexibility index (Phi) is 5.98. The molecular weight excluding hydrogens is 424 g/mol. The van der Waals surface area contributed by atoms with Crippen molar-refractivity contribution < 1.29 is 9.53 Å². The van der Waals surface area contributed by atoms with Crippen LogP contribution in [0.4, 0.5) is 17.1 Å². The van der Waals surface area contributed by atoms with E-state index in [0.717, 1.165) is 22.3 Å². The number of methoxy groups -OCH3 is 1. The number of benzene rings is 2. The van der Waals surface area contributed by atoms with Crippen LogP contribution in [0.3, 0.4) is 0 Å². The van der Waals surface area contributed by atoms with E-state index in [9.17, 15) is 9.59 Å². The molecule has 0 saturated heterocycles. The van der Waals surface area contributed by atoms with E-state index in [2.05, 4.69) is 5.32 Å². The summed E-state index contributed by atoms with van der Waals surface area (Å²) < 4.78 is 7.32. The number of nitrogens with one attached hydrogen (secondary N) is 1. The third kappa shape index (κ3) is 3.98. The number of carbonyl (C=O) groups excluding carboxylic acids is 1. The number of nitrogens with zero attached hydrogens (tertiary/aromatic N) is 2. The summed E-state index contributed by atoms with van der Waals surface area (Å²) in [6.07, 6.45) is -0.661. The van der Waals surface area contributed by atoms with Crippen LogP contribution in [-0.2, 0) is 4.74 Å². The zero-order valence-corrected chi connectivity index (χ0v) is 18.8. The van der Waals surface area contributed by atoms with Gasteiger partial charge in [0.2, 0.25) is 0 Å². The number of hydrogen-bond acceptors (Lipinski definition) is 6. The van der Waals surface area contributed by atoms with Crippen LogP contribution in [0, 0.1) is 0 Å². The number of nitrogens with two attached hydrogens (primary N) is 1. The van der Waals surface area contributed by atoms with Gasteiger partial charge < -0.3 is 20.7 Å². The van der Waals surface area contributed by atoms with Crippen molar-refractivity contribution in [3.8, 4) is 0 Å². The molecule has 2 aromatic heterocycles. The number of thiophene rings is 1. The summed E-state index contributed by atoms with van der Waals surface area (Å²) in [5.41, 5.74) is 8.71. The van der Waals surface area contributed by atoms with E-state index in [-0.39, 0.29) is 5.56 Å². The van der Waals surface area contributed by atoms with Crippen LogP contribution in [0.5, 0.6) is 0 Å². The second kappa shape index (κ2) is 8.86. The topological polar surface area (TPSA) is 89.6 Å². The van der Waals surface area contributed by atoms with Gasteiger partial charge in [-0.3, -0.25) is 14.2 Å². The van der Waals surface area contributed by atoms with Gasteiger partial charge in [-0.15, -0.1) is 11.3 Å². The maximum atomic E-state index is 13.0. The number of fused-ring (bicyclic) bond motifs is 1. The number of rotatable bonds is 7. The summed E-state index contributed by atoms with van der Waals surface area (Å²) in [6, 6.07) is 20.5. The molecule has 2 aromatic carbocycles. The maximum Gasteiger partial charge on any atom is 0.261 e. The van der Waals surface area contributed by atoms with Crippen LogP contribution < -0.4 is 21.5 Å². The molecule has 7 nitrogen and oxygen atoms in total. The average molecular weight is 449 g/mol. The van der Waals surface area contributed by atoms with Crippen molar-refractivity contribution in [2.24, 2.45) is 5.73 Å². The standard InChI is InChI=1S/C24H24N4O3S/c1-27(2)17-11-9-15(10-12-17)23(31-3)28-19(29)14-13-18-20(21(22(25)30)32-24(18)28)26-16-7-5-4-6-8-16/h4-14,23,26H,1-3H3,(H2,25,30). The zero-order valence-electron chi connectivity index (χ0n) is 18.0. The van der Waals surface area contributed by atoms with Crippen molar-refractivity contribution in [2.45, 2.75) is 6.23 Å². The molecule has 2 heterocycles. The predicted octanol–water partition coefficient (Wildman–Crippen LogP) is 4.16. The maximum absolute atomic E-state index is 13.0. The lowest BCUT2D eigenvalue weighted by molar-refractivity contribution is 0.0798. The lowest BCUT2D eigenvalue weighted by Gasteiger charge is -2.21. The molecule has 0 fully saturated rings. The van der Waals surface area contributed by atoms with Crippen molar-refractivity contribution >= 4 is 44.5 Å². The molecule has 0 bridgehead atoms. The van der Waals surface area contributed by atoms with Crippen LogP contribution >= 0.6 is 11.3 Å². The van der Waals surface area contributed by atoms with Gasteiger partial charge in [-0.1, -0.05) is 30.3 Å². The SMILES string of the molecule is COC(c1ccc(N(C)C)cc1)n1c(=O)ccc2c(Nc3ccccc3)c(C(N)=O)sc21. The molecule has 4 rings (SSSR count). The van der Waals surface area contributed by atoms with Gasteiger partial charge in [0.1, 0.15) is 9.71 Å². The fraction of sp³-hybridized carbons (Fsp3) is 0.167. The number of para-hydroxylation sites is 1. The van der Waals surface area contributed by atoms with Gasteiger partial charge in [0.05, 0.1) is 5.69 Å². The largest absolute Gasteiger partial charge is 0.378 e. The first kappa shape index (κ1) is 21.6.